The van der Waals surface area contributed by atoms with E-state index < -0.39 is 11.1 Å². The molecule has 1 saturated heterocycles. The highest BCUT2D eigenvalue weighted by molar-refractivity contribution is 5.58. The summed E-state index contributed by atoms with van der Waals surface area (Å²) in [5.41, 5.74) is -0.0633. The van der Waals surface area contributed by atoms with Gasteiger partial charge in [0.1, 0.15) is 12.4 Å². The van der Waals surface area contributed by atoms with Gasteiger partial charge in [-0.1, -0.05) is 0 Å². The summed E-state index contributed by atoms with van der Waals surface area (Å²) in [5.74, 6) is 0.389. The molecular formula is C8H11FN4O2. The van der Waals surface area contributed by atoms with Gasteiger partial charge < -0.3 is 4.90 Å². The van der Waals surface area contributed by atoms with Gasteiger partial charge in [0.05, 0.1) is 11.5 Å². The average Bonchev–Trinajstić information content (AvgIpc) is 2.71. The van der Waals surface area contributed by atoms with Crippen LogP contribution in [0.15, 0.2) is 6.20 Å². The largest absolute Gasteiger partial charge is 0.348 e. The number of aryl methyl sites for hydroxylation is 1. The fourth-order valence-corrected chi connectivity index (χ4v) is 1.82. The minimum absolute atomic E-state index is 0.0633. The van der Waals surface area contributed by atoms with Gasteiger partial charge in [-0.2, -0.15) is 5.10 Å². The van der Waals surface area contributed by atoms with Crippen molar-refractivity contribution in [2.75, 3.05) is 18.0 Å². The fourth-order valence-electron chi connectivity index (χ4n) is 1.82. The molecule has 0 unspecified atom stereocenters. The zero-order valence-electron chi connectivity index (χ0n) is 8.26. The van der Waals surface area contributed by atoms with Crippen molar-refractivity contribution in [1.82, 2.24) is 9.78 Å². The number of nitro groups is 1. The van der Waals surface area contributed by atoms with Gasteiger partial charge in [-0.25, -0.2) is 9.07 Å². The number of halogens is 1. The number of hydrogen-bond donors (Lipinski definition) is 0. The predicted octanol–water partition coefficient (Wildman–Crippen LogP) is 0.876. The monoisotopic (exact) mass is 214 g/mol. The van der Waals surface area contributed by atoms with E-state index in [9.17, 15) is 14.5 Å². The van der Waals surface area contributed by atoms with Crippen molar-refractivity contribution in [1.29, 1.82) is 0 Å². The highest BCUT2D eigenvalue weighted by Crippen LogP contribution is 2.30. The molecule has 82 valence electrons. The van der Waals surface area contributed by atoms with Gasteiger partial charge in [-0.3, -0.25) is 10.1 Å². The molecule has 1 aliphatic heterocycles. The molecule has 1 aliphatic rings. The molecule has 1 atom stereocenters. The Hall–Kier alpha value is -1.66. The van der Waals surface area contributed by atoms with Gasteiger partial charge in [0, 0.05) is 13.6 Å². The normalized spacial score (nSPS) is 20.9. The van der Waals surface area contributed by atoms with Crippen molar-refractivity contribution in [2.24, 2.45) is 7.05 Å². The second-order valence-corrected chi connectivity index (χ2v) is 3.57. The lowest BCUT2D eigenvalue weighted by atomic mass is 10.3. The molecule has 1 aromatic rings. The van der Waals surface area contributed by atoms with Crippen LogP contribution in [0.4, 0.5) is 15.9 Å². The van der Waals surface area contributed by atoms with E-state index in [0.29, 0.717) is 18.8 Å². The number of anilines is 1. The molecule has 0 saturated carbocycles. The summed E-state index contributed by atoms with van der Waals surface area (Å²) >= 11 is 0. The molecule has 2 rings (SSSR count). The summed E-state index contributed by atoms with van der Waals surface area (Å²) in [6.45, 7) is 0.710. The molecule has 0 aromatic carbocycles. The van der Waals surface area contributed by atoms with E-state index in [1.165, 1.54) is 10.9 Å². The van der Waals surface area contributed by atoms with Crippen molar-refractivity contribution in [3.8, 4) is 0 Å². The molecule has 7 heteroatoms. The van der Waals surface area contributed by atoms with Crippen molar-refractivity contribution in [2.45, 2.75) is 12.6 Å². The second kappa shape index (κ2) is 3.48. The Labute approximate surface area is 85.4 Å². The van der Waals surface area contributed by atoms with E-state index in [-0.39, 0.29) is 12.2 Å². The summed E-state index contributed by atoms with van der Waals surface area (Å²) in [6.07, 6.45) is 0.711. The maximum atomic E-state index is 13.0. The summed E-state index contributed by atoms with van der Waals surface area (Å²) in [6, 6.07) is 0. The van der Waals surface area contributed by atoms with Crippen LogP contribution in [0.3, 0.4) is 0 Å². The first-order chi connectivity index (χ1) is 7.09. The van der Waals surface area contributed by atoms with Crippen molar-refractivity contribution < 1.29 is 9.31 Å². The molecule has 0 spiro atoms. The zero-order valence-corrected chi connectivity index (χ0v) is 8.26. The van der Waals surface area contributed by atoms with Crippen LogP contribution in [0.5, 0.6) is 0 Å². The fraction of sp³-hybridized carbons (Fsp3) is 0.625. The molecule has 0 aliphatic carbocycles. The third kappa shape index (κ3) is 1.64. The summed E-state index contributed by atoms with van der Waals surface area (Å²) < 4.78 is 14.4. The van der Waals surface area contributed by atoms with Gasteiger partial charge in [0.15, 0.2) is 0 Å². The van der Waals surface area contributed by atoms with E-state index >= 15 is 0 Å². The maximum Gasteiger partial charge on any atom is 0.331 e. The van der Waals surface area contributed by atoms with E-state index in [1.807, 2.05) is 0 Å². The molecule has 0 N–H and O–H groups in total. The lowest BCUT2D eigenvalue weighted by Crippen LogP contribution is -2.23. The second-order valence-electron chi connectivity index (χ2n) is 3.57. The number of hydrogen-bond acceptors (Lipinski definition) is 4. The minimum atomic E-state index is -0.903. The average molecular weight is 214 g/mol. The topological polar surface area (TPSA) is 64.2 Å². The van der Waals surface area contributed by atoms with Crippen LogP contribution in [-0.2, 0) is 7.05 Å². The predicted molar refractivity (Wildman–Crippen MR) is 51.6 cm³/mol. The van der Waals surface area contributed by atoms with E-state index in [2.05, 4.69) is 5.10 Å². The molecule has 0 bridgehead atoms. The first kappa shape index (κ1) is 9.88. The smallest absolute Gasteiger partial charge is 0.331 e. The Morgan fingerprint density at radius 3 is 3.00 bits per heavy atom. The van der Waals surface area contributed by atoms with Crippen molar-refractivity contribution in [3.05, 3.63) is 16.3 Å². The van der Waals surface area contributed by atoms with Gasteiger partial charge in [-0.15, -0.1) is 0 Å². The third-order valence-electron chi connectivity index (χ3n) is 2.52. The van der Waals surface area contributed by atoms with Crippen LogP contribution in [0.1, 0.15) is 6.42 Å². The van der Waals surface area contributed by atoms with Crippen molar-refractivity contribution >= 4 is 11.5 Å². The number of nitrogens with zero attached hydrogens (tertiary/aromatic N) is 4. The molecule has 1 aromatic heterocycles. The molecule has 15 heavy (non-hydrogen) atoms. The summed E-state index contributed by atoms with van der Waals surface area (Å²) in [5, 5.41) is 14.5. The zero-order chi connectivity index (χ0) is 11.0. The Kier molecular flexibility index (Phi) is 2.29. The van der Waals surface area contributed by atoms with Crippen LogP contribution in [0.2, 0.25) is 0 Å². The van der Waals surface area contributed by atoms with Crippen LogP contribution in [0, 0.1) is 10.1 Å². The molecular weight excluding hydrogens is 203 g/mol. The van der Waals surface area contributed by atoms with Gasteiger partial charge in [0.2, 0.25) is 5.82 Å². The lowest BCUT2D eigenvalue weighted by Gasteiger charge is -2.15. The number of aromatic nitrogens is 2. The molecule has 6 nitrogen and oxygen atoms in total. The first-order valence-electron chi connectivity index (χ1n) is 4.65. The van der Waals surface area contributed by atoms with Crippen LogP contribution < -0.4 is 4.90 Å². The van der Waals surface area contributed by atoms with Crippen LogP contribution in [0.25, 0.3) is 0 Å². The minimum Gasteiger partial charge on any atom is -0.348 e. The molecule has 0 radical (unpaired) electrons. The van der Waals surface area contributed by atoms with E-state index in [4.69, 9.17) is 0 Å². The Morgan fingerprint density at radius 2 is 2.47 bits per heavy atom. The van der Waals surface area contributed by atoms with Gasteiger partial charge in [0.25, 0.3) is 0 Å². The van der Waals surface area contributed by atoms with E-state index in [0.717, 1.165) is 0 Å². The molecule has 0 amide bonds. The maximum absolute atomic E-state index is 13.0. The Bertz CT molecular complexity index is 392. The Morgan fingerprint density at radius 1 is 1.73 bits per heavy atom. The summed E-state index contributed by atoms with van der Waals surface area (Å²) in [7, 11) is 1.62. The van der Waals surface area contributed by atoms with Crippen LogP contribution in [-0.4, -0.2) is 34.0 Å². The Balaban J connectivity index is 2.34. The number of alkyl halides is 1. The van der Waals surface area contributed by atoms with E-state index in [1.54, 1.807) is 11.9 Å². The van der Waals surface area contributed by atoms with Gasteiger partial charge >= 0.3 is 5.69 Å². The SMILES string of the molecule is Cn1ncc([N+](=O)[O-])c1N1CC[C@@H](F)C1. The van der Waals surface area contributed by atoms with Gasteiger partial charge in [-0.05, 0) is 6.42 Å². The van der Waals surface area contributed by atoms with Crippen molar-refractivity contribution in [3.63, 3.8) is 0 Å². The third-order valence-corrected chi connectivity index (χ3v) is 2.52. The molecule has 2 heterocycles. The quantitative estimate of drug-likeness (QED) is 0.541. The molecule has 1 fully saturated rings. The highest BCUT2D eigenvalue weighted by Gasteiger charge is 2.30. The first-order valence-corrected chi connectivity index (χ1v) is 4.65. The number of rotatable bonds is 2. The summed E-state index contributed by atoms with van der Waals surface area (Å²) in [4.78, 5) is 11.9. The standard InChI is InChI=1S/C8H11FN4O2/c1-11-8(7(4-10-11)13(14)15)12-3-2-6(9)5-12/h4,6H,2-3,5H2,1H3/t6-/m1/s1. The van der Waals surface area contributed by atoms with Crippen LogP contribution >= 0.6 is 0 Å². The lowest BCUT2D eigenvalue weighted by molar-refractivity contribution is -0.384. The highest BCUT2D eigenvalue weighted by atomic mass is 19.1.